The first-order chi connectivity index (χ1) is 18.1. The fraction of sp³-hybridized carbons (Fsp3) is 0.129. The van der Waals surface area contributed by atoms with E-state index in [1.54, 1.807) is 11.3 Å². The Morgan fingerprint density at radius 3 is 2.08 bits per heavy atom. The third-order valence-electron chi connectivity index (χ3n) is 6.08. The second-order valence-electron chi connectivity index (χ2n) is 8.79. The molecule has 0 saturated carbocycles. The molecule has 0 unspecified atom stereocenters. The van der Waals surface area contributed by atoms with Crippen LogP contribution in [0.15, 0.2) is 100 Å². The van der Waals surface area contributed by atoms with E-state index in [4.69, 9.17) is 9.47 Å². The Balaban J connectivity index is 1.61. The first-order valence-corrected chi connectivity index (χ1v) is 13.6. The summed E-state index contributed by atoms with van der Waals surface area (Å²) in [5.74, 6) is 0.317. The molecule has 37 heavy (non-hydrogen) atoms. The summed E-state index contributed by atoms with van der Waals surface area (Å²) in [5.41, 5.74) is 5.45. The number of carboxylic acid groups (broad SMARTS) is 1. The number of rotatable bonds is 10. The first kappa shape index (κ1) is 25.1. The van der Waals surface area contributed by atoms with Crippen LogP contribution in [0.5, 0.6) is 11.5 Å². The monoisotopic (exact) mass is 572 g/mol. The predicted molar refractivity (Wildman–Crippen MR) is 152 cm³/mol. The number of fused-ring (bicyclic) bond motifs is 1. The summed E-state index contributed by atoms with van der Waals surface area (Å²) >= 11 is 5.39. The maximum atomic E-state index is 11.3. The van der Waals surface area contributed by atoms with Crippen LogP contribution >= 0.6 is 27.3 Å². The van der Waals surface area contributed by atoms with Gasteiger partial charge in [-0.1, -0.05) is 60.7 Å². The highest BCUT2D eigenvalue weighted by molar-refractivity contribution is 9.10. The van der Waals surface area contributed by atoms with Crippen molar-refractivity contribution in [1.82, 2.24) is 0 Å². The SMILES string of the molecule is O=C(O)COc1c(Cc2ccccc2)cc2cc(Cc3ccccc3)c(OCc3ccsc3)cc2c1Br. The second kappa shape index (κ2) is 11.6. The van der Waals surface area contributed by atoms with Crippen LogP contribution in [-0.4, -0.2) is 17.7 Å². The molecule has 4 aromatic carbocycles. The summed E-state index contributed by atoms with van der Waals surface area (Å²) in [4.78, 5) is 11.3. The number of aliphatic carboxylic acids is 1. The predicted octanol–water partition coefficient (Wildman–Crippen LogP) is 7.89. The molecule has 186 valence electrons. The van der Waals surface area contributed by atoms with Crippen LogP contribution < -0.4 is 9.47 Å². The van der Waals surface area contributed by atoms with Crippen LogP contribution in [0.4, 0.5) is 0 Å². The molecule has 1 N–H and O–H groups in total. The first-order valence-electron chi connectivity index (χ1n) is 11.9. The molecule has 0 amide bonds. The number of halogens is 1. The van der Waals surface area contributed by atoms with E-state index in [-0.39, 0.29) is 0 Å². The van der Waals surface area contributed by atoms with Crippen LogP contribution in [-0.2, 0) is 24.2 Å². The molecule has 0 fully saturated rings. The van der Waals surface area contributed by atoms with E-state index in [0.29, 0.717) is 18.8 Å². The van der Waals surface area contributed by atoms with Gasteiger partial charge < -0.3 is 14.6 Å². The van der Waals surface area contributed by atoms with Gasteiger partial charge in [0, 0.05) is 23.8 Å². The van der Waals surface area contributed by atoms with E-state index in [1.165, 1.54) is 5.56 Å². The standard InChI is InChI=1S/C31H25BrO4S/c32-30-27-17-28(35-18-23-11-12-37-20-23)25(13-21-7-3-1-4-8-21)15-24(27)16-26(31(30)36-19-29(33)34)14-22-9-5-2-6-10-22/h1-12,15-17,20H,13-14,18-19H2,(H,33,34). The summed E-state index contributed by atoms with van der Waals surface area (Å²) in [7, 11) is 0. The fourth-order valence-corrected chi connectivity index (χ4v) is 5.70. The van der Waals surface area contributed by atoms with Crippen LogP contribution in [0, 0.1) is 0 Å². The molecule has 5 rings (SSSR count). The molecular formula is C31H25BrO4S. The summed E-state index contributed by atoms with van der Waals surface area (Å²) in [6.07, 6.45) is 1.35. The van der Waals surface area contributed by atoms with Gasteiger partial charge in [0.05, 0.1) is 4.47 Å². The van der Waals surface area contributed by atoms with Crippen LogP contribution in [0.2, 0.25) is 0 Å². The molecule has 0 aliphatic carbocycles. The minimum atomic E-state index is -1.02. The lowest BCUT2D eigenvalue weighted by Gasteiger charge is -2.18. The van der Waals surface area contributed by atoms with Gasteiger partial charge in [0.2, 0.25) is 0 Å². The van der Waals surface area contributed by atoms with Crippen molar-refractivity contribution in [2.75, 3.05) is 6.61 Å². The summed E-state index contributed by atoms with van der Waals surface area (Å²) in [6.45, 7) is 0.0579. The quantitative estimate of drug-likeness (QED) is 0.185. The number of benzene rings is 4. The third-order valence-corrected chi connectivity index (χ3v) is 7.60. The van der Waals surface area contributed by atoms with Crippen molar-refractivity contribution in [3.8, 4) is 11.5 Å². The largest absolute Gasteiger partial charge is 0.489 e. The van der Waals surface area contributed by atoms with Gasteiger partial charge in [-0.25, -0.2) is 4.79 Å². The molecule has 1 aromatic heterocycles. The molecule has 4 nitrogen and oxygen atoms in total. The van der Waals surface area contributed by atoms with Gasteiger partial charge in [-0.05, 0) is 78.6 Å². The molecular weight excluding hydrogens is 548 g/mol. The second-order valence-corrected chi connectivity index (χ2v) is 10.4. The lowest BCUT2D eigenvalue weighted by Crippen LogP contribution is -2.11. The van der Waals surface area contributed by atoms with Crippen molar-refractivity contribution in [3.05, 3.63) is 128 Å². The van der Waals surface area contributed by atoms with Crippen molar-refractivity contribution >= 4 is 44.0 Å². The molecule has 1 heterocycles. The molecule has 6 heteroatoms. The Bertz CT molecular complexity index is 1500. The minimum Gasteiger partial charge on any atom is -0.489 e. The zero-order chi connectivity index (χ0) is 25.6. The van der Waals surface area contributed by atoms with Crippen molar-refractivity contribution in [3.63, 3.8) is 0 Å². The van der Waals surface area contributed by atoms with Gasteiger partial charge in [-0.2, -0.15) is 11.3 Å². The Hall–Kier alpha value is -3.61. The number of thiophene rings is 1. The zero-order valence-corrected chi connectivity index (χ0v) is 22.4. The van der Waals surface area contributed by atoms with Crippen molar-refractivity contribution < 1.29 is 19.4 Å². The highest BCUT2D eigenvalue weighted by atomic mass is 79.9. The average Bonchev–Trinajstić information content (AvgIpc) is 3.42. The minimum absolute atomic E-state index is 0.417. The molecule has 0 aliphatic heterocycles. The van der Waals surface area contributed by atoms with Gasteiger partial charge in [0.25, 0.3) is 0 Å². The molecule has 0 atom stereocenters. The van der Waals surface area contributed by atoms with Gasteiger partial charge in [0.15, 0.2) is 6.61 Å². The molecule has 5 aromatic rings. The highest BCUT2D eigenvalue weighted by Gasteiger charge is 2.18. The van der Waals surface area contributed by atoms with Gasteiger partial charge in [-0.3, -0.25) is 0 Å². The zero-order valence-electron chi connectivity index (χ0n) is 20.0. The van der Waals surface area contributed by atoms with E-state index in [9.17, 15) is 9.90 Å². The van der Waals surface area contributed by atoms with E-state index in [1.807, 2.05) is 47.8 Å². The Morgan fingerprint density at radius 1 is 0.811 bits per heavy atom. The van der Waals surface area contributed by atoms with E-state index in [0.717, 1.165) is 49.7 Å². The van der Waals surface area contributed by atoms with Crippen molar-refractivity contribution in [2.24, 2.45) is 0 Å². The molecule has 0 aliphatic rings. The summed E-state index contributed by atoms with van der Waals surface area (Å²) in [6, 6.07) is 28.8. The Morgan fingerprint density at radius 2 is 1.46 bits per heavy atom. The molecule has 0 radical (unpaired) electrons. The highest BCUT2D eigenvalue weighted by Crippen LogP contribution is 2.41. The maximum absolute atomic E-state index is 11.3. The summed E-state index contributed by atoms with van der Waals surface area (Å²) < 4.78 is 12.9. The van der Waals surface area contributed by atoms with Crippen LogP contribution in [0.3, 0.4) is 0 Å². The lowest BCUT2D eigenvalue weighted by atomic mass is 9.96. The fourth-order valence-electron chi connectivity index (χ4n) is 4.33. The summed E-state index contributed by atoms with van der Waals surface area (Å²) in [5, 5.41) is 15.4. The van der Waals surface area contributed by atoms with Gasteiger partial charge >= 0.3 is 5.97 Å². The van der Waals surface area contributed by atoms with E-state index < -0.39 is 12.6 Å². The van der Waals surface area contributed by atoms with Crippen molar-refractivity contribution in [2.45, 2.75) is 19.4 Å². The third kappa shape index (κ3) is 6.21. The number of hydrogen-bond acceptors (Lipinski definition) is 4. The topological polar surface area (TPSA) is 55.8 Å². The Kier molecular flexibility index (Phi) is 7.87. The average molecular weight is 574 g/mol. The lowest BCUT2D eigenvalue weighted by molar-refractivity contribution is -0.139. The van der Waals surface area contributed by atoms with E-state index >= 15 is 0 Å². The molecule has 0 spiro atoms. The smallest absolute Gasteiger partial charge is 0.341 e. The van der Waals surface area contributed by atoms with Crippen LogP contribution in [0.25, 0.3) is 10.8 Å². The number of carbonyl (C=O) groups is 1. The van der Waals surface area contributed by atoms with E-state index in [2.05, 4.69) is 63.8 Å². The number of carboxylic acids is 1. The van der Waals surface area contributed by atoms with Gasteiger partial charge in [-0.15, -0.1) is 0 Å². The number of hydrogen-bond donors (Lipinski definition) is 1. The molecule has 0 saturated heterocycles. The van der Waals surface area contributed by atoms with Gasteiger partial charge in [0.1, 0.15) is 18.1 Å². The maximum Gasteiger partial charge on any atom is 0.341 e. The van der Waals surface area contributed by atoms with Crippen molar-refractivity contribution in [1.29, 1.82) is 0 Å². The normalized spacial score (nSPS) is 10.9. The molecule has 0 bridgehead atoms. The van der Waals surface area contributed by atoms with Crippen LogP contribution in [0.1, 0.15) is 27.8 Å². The number of ether oxygens (including phenoxy) is 2. The Labute approximate surface area is 228 Å².